The Labute approximate surface area is 132 Å². The van der Waals surface area contributed by atoms with Gasteiger partial charge in [0, 0.05) is 31.7 Å². The summed E-state index contributed by atoms with van der Waals surface area (Å²) in [5.74, 6) is 0. The van der Waals surface area contributed by atoms with E-state index in [1.807, 2.05) is 14.0 Å². The van der Waals surface area contributed by atoms with Crippen LogP contribution in [0.3, 0.4) is 0 Å². The Morgan fingerprint density at radius 2 is 2.14 bits per heavy atom. The molecule has 4 nitrogen and oxygen atoms in total. The van der Waals surface area contributed by atoms with E-state index < -0.39 is 11.9 Å². The zero-order valence-electron chi connectivity index (χ0n) is 13.0. The van der Waals surface area contributed by atoms with Gasteiger partial charge < -0.3 is 5.11 Å². The first kappa shape index (κ1) is 17.7. The molecule has 2 rings (SSSR count). The summed E-state index contributed by atoms with van der Waals surface area (Å²) in [6, 6.07) is 0.413. The standard InChI is InChI=1S/C14H22F3N3OS/c1-9-11(19(3)6-7-21)4-5-20(9)8-12-13(14(15,16)17)18-10(2)22-12/h9,11,21H,4-8H2,1-3H3/t9-,11-/m1/s1. The maximum absolute atomic E-state index is 13.0. The van der Waals surface area contributed by atoms with Gasteiger partial charge in [-0.15, -0.1) is 11.3 Å². The molecule has 1 aliphatic heterocycles. The van der Waals surface area contributed by atoms with Crippen molar-refractivity contribution in [2.75, 3.05) is 26.7 Å². The van der Waals surface area contributed by atoms with Gasteiger partial charge in [-0.1, -0.05) is 0 Å². The highest BCUT2D eigenvalue weighted by atomic mass is 32.1. The smallest absolute Gasteiger partial charge is 0.395 e. The third-order valence-corrected chi connectivity index (χ3v) is 5.24. The summed E-state index contributed by atoms with van der Waals surface area (Å²) < 4.78 is 39.1. The molecule has 2 heterocycles. The summed E-state index contributed by atoms with van der Waals surface area (Å²) >= 11 is 1.12. The van der Waals surface area contributed by atoms with E-state index in [0.29, 0.717) is 16.4 Å². The molecule has 1 N–H and O–H groups in total. The number of thiazole rings is 1. The molecule has 0 aliphatic carbocycles. The fraction of sp³-hybridized carbons (Fsp3) is 0.786. The van der Waals surface area contributed by atoms with Crippen LogP contribution in [0.2, 0.25) is 0 Å². The summed E-state index contributed by atoms with van der Waals surface area (Å²) in [5.41, 5.74) is -0.741. The fourth-order valence-corrected chi connectivity index (χ4v) is 4.09. The largest absolute Gasteiger partial charge is 0.434 e. The number of hydrogen-bond donors (Lipinski definition) is 1. The van der Waals surface area contributed by atoms with Gasteiger partial charge in [0.2, 0.25) is 0 Å². The SMILES string of the molecule is Cc1nc(C(F)(F)F)c(CN2CC[C@@H](N(C)CCO)[C@H]2C)s1. The molecule has 22 heavy (non-hydrogen) atoms. The lowest BCUT2D eigenvalue weighted by molar-refractivity contribution is -0.141. The number of aryl methyl sites for hydroxylation is 1. The van der Waals surface area contributed by atoms with E-state index in [1.54, 1.807) is 6.92 Å². The maximum Gasteiger partial charge on any atom is 0.434 e. The molecule has 1 aromatic heterocycles. The van der Waals surface area contributed by atoms with Crippen molar-refractivity contribution in [2.24, 2.45) is 0 Å². The van der Waals surface area contributed by atoms with Crippen LogP contribution in [0, 0.1) is 6.92 Å². The molecule has 1 aromatic rings. The number of aliphatic hydroxyl groups excluding tert-OH is 1. The first-order valence-corrected chi connectivity index (χ1v) is 8.14. The van der Waals surface area contributed by atoms with Crippen molar-refractivity contribution in [1.82, 2.24) is 14.8 Å². The van der Waals surface area contributed by atoms with Gasteiger partial charge in [0.15, 0.2) is 5.69 Å². The Morgan fingerprint density at radius 1 is 1.45 bits per heavy atom. The molecule has 126 valence electrons. The van der Waals surface area contributed by atoms with Gasteiger partial charge in [-0.3, -0.25) is 9.80 Å². The highest BCUT2D eigenvalue weighted by Crippen LogP contribution is 2.36. The number of likely N-dealkylation sites (tertiary alicyclic amines) is 1. The molecule has 0 bridgehead atoms. The minimum Gasteiger partial charge on any atom is -0.395 e. The van der Waals surface area contributed by atoms with E-state index in [1.165, 1.54) is 0 Å². The zero-order chi connectivity index (χ0) is 16.5. The number of rotatable bonds is 5. The average molecular weight is 337 g/mol. The Kier molecular flexibility index (Phi) is 5.47. The lowest BCUT2D eigenvalue weighted by atomic mass is 10.1. The number of aromatic nitrogens is 1. The summed E-state index contributed by atoms with van der Waals surface area (Å²) in [5, 5.41) is 9.47. The number of alkyl halides is 3. The van der Waals surface area contributed by atoms with Crippen molar-refractivity contribution in [3.8, 4) is 0 Å². The molecular formula is C14H22F3N3OS. The molecule has 0 radical (unpaired) electrons. The van der Waals surface area contributed by atoms with E-state index >= 15 is 0 Å². The number of halogens is 3. The van der Waals surface area contributed by atoms with Crippen molar-refractivity contribution in [1.29, 1.82) is 0 Å². The minimum atomic E-state index is -4.39. The van der Waals surface area contributed by atoms with Crippen LogP contribution >= 0.6 is 11.3 Å². The van der Waals surface area contributed by atoms with Gasteiger partial charge >= 0.3 is 6.18 Å². The predicted molar refractivity (Wildman–Crippen MR) is 79.8 cm³/mol. The average Bonchev–Trinajstić information content (AvgIpc) is 2.94. The van der Waals surface area contributed by atoms with Gasteiger partial charge in [-0.05, 0) is 27.3 Å². The van der Waals surface area contributed by atoms with Gasteiger partial charge in [0.25, 0.3) is 0 Å². The molecule has 8 heteroatoms. The third-order valence-electron chi connectivity index (χ3n) is 4.28. The van der Waals surface area contributed by atoms with E-state index in [-0.39, 0.29) is 25.2 Å². The van der Waals surface area contributed by atoms with Crippen LogP contribution in [0.1, 0.15) is 28.9 Å². The number of hydrogen-bond acceptors (Lipinski definition) is 5. The summed E-state index contributed by atoms with van der Waals surface area (Å²) in [7, 11) is 1.94. The quantitative estimate of drug-likeness (QED) is 0.895. The lowest BCUT2D eigenvalue weighted by Crippen LogP contribution is -2.42. The minimum absolute atomic E-state index is 0.0893. The van der Waals surface area contributed by atoms with E-state index in [9.17, 15) is 13.2 Å². The van der Waals surface area contributed by atoms with Crippen LogP contribution in [0.4, 0.5) is 13.2 Å². The van der Waals surface area contributed by atoms with Crippen LogP contribution in [0.25, 0.3) is 0 Å². The number of nitrogens with zero attached hydrogens (tertiary/aromatic N) is 3. The number of likely N-dealkylation sites (N-methyl/N-ethyl adjacent to an activating group) is 1. The first-order chi connectivity index (χ1) is 10.2. The highest BCUT2D eigenvalue weighted by molar-refractivity contribution is 7.11. The van der Waals surface area contributed by atoms with Crippen molar-refractivity contribution in [3.63, 3.8) is 0 Å². The first-order valence-electron chi connectivity index (χ1n) is 7.32. The Balaban J connectivity index is 2.09. The Morgan fingerprint density at radius 3 is 2.73 bits per heavy atom. The van der Waals surface area contributed by atoms with Crippen molar-refractivity contribution < 1.29 is 18.3 Å². The monoisotopic (exact) mass is 337 g/mol. The molecule has 0 unspecified atom stereocenters. The van der Waals surface area contributed by atoms with E-state index in [4.69, 9.17) is 5.11 Å². The molecule has 2 atom stereocenters. The van der Waals surface area contributed by atoms with E-state index in [2.05, 4.69) is 14.8 Å². The highest BCUT2D eigenvalue weighted by Gasteiger charge is 2.39. The van der Waals surface area contributed by atoms with Gasteiger partial charge in [-0.25, -0.2) is 4.98 Å². The van der Waals surface area contributed by atoms with Crippen LogP contribution in [0.15, 0.2) is 0 Å². The second-order valence-electron chi connectivity index (χ2n) is 5.77. The predicted octanol–water partition coefficient (Wildman–Crippen LogP) is 2.36. The summed E-state index contributed by atoms with van der Waals surface area (Å²) in [6.45, 7) is 5.35. The van der Waals surface area contributed by atoms with Crippen LogP contribution in [0.5, 0.6) is 0 Å². The van der Waals surface area contributed by atoms with Crippen LogP contribution in [-0.4, -0.2) is 58.7 Å². The maximum atomic E-state index is 13.0. The third kappa shape index (κ3) is 3.79. The van der Waals surface area contributed by atoms with Crippen molar-refractivity contribution >= 4 is 11.3 Å². The lowest BCUT2D eigenvalue weighted by Gasteiger charge is -2.30. The molecule has 1 aliphatic rings. The molecule has 0 aromatic carbocycles. The molecule has 0 amide bonds. The molecule has 1 fully saturated rings. The van der Waals surface area contributed by atoms with Crippen LogP contribution in [-0.2, 0) is 12.7 Å². The van der Waals surface area contributed by atoms with Crippen molar-refractivity contribution in [3.05, 3.63) is 15.6 Å². The fourth-order valence-electron chi connectivity index (χ4n) is 3.10. The molecule has 1 saturated heterocycles. The van der Waals surface area contributed by atoms with E-state index in [0.717, 1.165) is 24.3 Å². The second-order valence-corrected chi connectivity index (χ2v) is 7.06. The summed E-state index contributed by atoms with van der Waals surface area (Å²) in [4.78, 5) is 8.10. The Bertz CT molecular complexity index is 506. The zero-order valence-corrected chi connectivity index (χ0v) is 13.8. The topological polar surface area (TPSA) is 39.6 Å². The van der Waals surface area contributed by atoms with Gasteiger partial charge in [-0.2, -0.15) is 13.2 Å². The van der Waals surface area contributed by atoms with Gasteiger partial charge in [0.1, 0.15) is 0 Å². The molecule has 0 spiro atoms. The van der Waals surface area contributed by atoms with Crippen molar-refractivity contribution in [2.45, 2.75) is 45.1 Å². The van der Waals surface area contributed by atoms with Crippen LogP contribution < -0.4 is 0 Å². The Hall–Kier alpha value is -0.700. The number of aliphatic hydroxyl groups is 1. The summed E-state index contributed by atoms with van der Waals surface area (Å²) in [6.07, 6.45) is -3.49. The van der Waals surface area contributed by atoms with Gasteiger partial charge in [0.05, 0.1) is 16.5 Å². The molecular weight excluding hydrogens is 315 g/mol. The second kappa shape index (κ2) is 6.82. The normalized spacial score (nSPS) is 23.6. The molecule has 0 saturated carbocycles.